The van der Waals surface area contributed by atoms with Crippen LogP contribution in [0.3, 0.4) is 0 Å². The summed E-state index contributed by atoms with van der Waals surface area (Å²) in [6, 6.07) is 2.34. The van der Waals surface area contributed by atoms with Crippen LogP contribution in [0, 0.1) is 23.2 Å². The van der Waals surface area contributed by atoms with E-state index in [1.807, 2.05) is 13.8 Å². The Morgan fingerprint density at radius 3 is 2.38 bits per heavy atom. The summed E-state index contributed by atoms with van der Waals surface area (Å²) >= 11 is 0. The fourth-order valence-corrected chi connectivity index (χ4v) is 2.63. The molecule has 92 valence electrons. The van der Waals surface area contributed by atoms with Gasteiger partial charge in [0, 0.05) is 6.42 Å². The molecule has 0 heterocycles. The van der Waals surface area contributed by atoms with Crippen molar-refractivity contribution in [1.82, 2.24) is 0 Å². The third-order valence-corrected chi connectivity index (χ3v) is 3.39. The highest BCUT2D eigenvalue weighted by atomic mass is 14.3. The van der Waals surface area contributed by atoms with Crippen molar-refractivity contribution in [3.8, 4) is 6.07 Å². The quantitative estimate of drug-likeness (QED) is 0.607. The largest absolute Gasteiger partial charge is 0.198 e. The number of rotatable bonds is 4. The van der Waals surface area contributed by atoms with Crippen molar-refractivity contribution in [2.24, 2.45) is 11.8 Å². The molecule has 1 atom stereocenters. The molecule has 1 rings (SSSR count). The molecule has 0 bridgehead atoms. The lowest BCUT2D eigenvalue weighted by atomic mass is 9.83. The zero-order chi connectivity index (χ0) is 12.4. The number of allylic oxidation sites excluding steroid dienone is 2. The summed E-state index contributed by atoms with van der Waals surface area (Å²) in [5, 5.41) is 8.84. The van der Waals surface area contributed by atoms with Gasteiger partial charge in [-0.25, -0.2) is 0 Å². The topological polar surface area (TPSA) is 23.8 Å². The molecule has 0 saturated heterocycles. The van der Waals surface area contributed by atoms with Crippen LogP contribution in [-0.4, -0.2) is 0 Å². The molecule has 16 heavy (non-hydrogen) atoms. The van der Waals surface area contributed by atoms with Crippen LogP contribution in [0.2, 0.25) is 0 Å². The molecular formula is C15H27N. The molecule has 1 saturated carbocycles. The van der Waals surface area contributed by atoms with Crippen molar-refractivity contribution in [3.63, 3.8) is 0 Å². The Hall–Kier alpha value is -0.770. The highest BCUT2D eigenvalue weighted by Crippen LogP contribution is 2.36. The number of nitriles is 1. The second-order valence-corrected chi connectivity index (χ2v) is 4.37. The van der Waals surface area contributed by atoms with Gasteiger partial charge in [-0.05, 0) is 38.0 Å². The first-order valence-corrected chi connectivity index (χ1v) is 6.83. The summed E-state index contributed by atoms with van der Waals surface area (Å²) in [4.78, 5) is 0. The van der Waals surface area contributed by atoms with E-state index >= 15 is 0 Å². The van der Waals surface area contributed by atoms with Crippen molar-refractivity contribution in [2.45, 2.75) is 66.2 Å². The predicted molar refractivity (Wildman–Crippen MR) is 71.1 cm³/mol. The van der Waals surface area contributed by atoms with Crippen molar-refractivity contribution in [3.05, 3.63) is 11.6 Å². The van der Waals surface area contributed by atoms with Gasteiger partial charge in [-0.3, -0.25) is 0 Å². The predicted octanol–water partition coefficient (Wildman–Crippen LogP) is 5.09. The molecule has 1 aliphatic carbocycles. The number of hydrogen-bond acceptors (Lipinski definition) is 1. The molecule has 0 radical (unpaired) electrons. The van der Waals surface area contributed by atoms with Crippen molar-refractivity contribution < 1.29 is 0 Å². The highest BCUT2D eigenvalue weighted by Gasteiger charge is 2.25. The number of nitrogens with zero attached hydrogens (tertiary/aromatic N) is 1. The van der Waals surface area contributed by atoms with Gasteiger partial charge in [0.1, 0.15) is 0 Å². The summed E-state index contributed by atoms with van der Waals surface area (Å²) in [5.41, 5.74) is 1.45. The molecule has 1 aliphatic rings. The second-order valence-electron chi connectivity index (χ2n) is 4.37. The molecule has 0 aromatic rings. The molecule has 1 heteroatoms. The van der Waals surface area contributed by atoms with Crippen LogP contribution in [0.15, 0.2) is 11.6 Å². The maximum absolute atomic E-state index is 8.84. The average Bonchev–Trinajstić information content (AvgIpc) is 2.82. The van der Waals surface area contributed by atoms with E-state index in [0.717, 1.165) is 12.3 Å². The lowest BCUT2D eigenvalue weighted by molar-refractivity contribution is 0.392. The number of hydrogen-bond donors (Lipinski definition) is 0. The van der Waals surface area contributed by atoms with Gasteiger partial charge in [0.15, 0.2) is 0 Å². The minimum Gasteiger partial charge on any atom is -0.198 e. The van der Waals surface area contributed by atoms with Crippen LogP contribution >= 0.6 is 0 Å². The van der Waals surface area contributed by atoms with E-state index in [1.165, 1.54) is 31.3 Å². The summed E-state index contributed by atoms with van der Waals surface area (Å²) in [6.45, 7) is 8.37. The van der Waals surface area contributed by atoms with Crippen LogP contribution in [-0.2, 0) is 0 Å². The van der Waals surface area contributed by atoms with Gasteiger partial charge in [0.05, 0.1) is 6.07 Å². The van der Waals surface area contributed by atoms with E-state index in [0.29, 0.717) is 12.3 Å². The van der Waals surface area contributed by atoms with Crippen molar-refractivity contribution >= 4 is 0 Å². The lowest BCUT2D eigenvalue weighted by Gasteiger charge is -2.21. The Morgan fingerprint density at radius 2 is 1.94 bits per heavy atom. The van der Waals surface area contributed by atoms with Gasteiger partial charge in [-0.2, -0.15) is 5.26 Å². The molecule has 0 aromatic heterocycles. The monoisotopic (exact) mass is 221 g/mol. The average molecular weight is 221 g/mol. The summed E-state index contributed by atoms with van der Waals surface area (Å²) in [7, 11) is 0. The summed E-state index contributed by atoms with van der Waals surface area (Å²) in [5.74, 6) is 1.33. The minimum absolute atomic E-state index is 0.544. The van der Waals surface area contributed by atoms with E-state index in [4.69, 9.17) is 5.26 Å². The Labute approximate surface area is 102 Å². The lowest BCUT2D eigenvalue weighted by Crippen LogP contribution is -2.12. The van der Waals surface area contributed by atoms with Crippen LogP contribution in [0.5, 0.6) is 0 Å². The van der Waals surface area contributed by atoms with E-state index < -0.39 is 0 Å². The van der Waals surface area contributed by atoms with E-state index in [1.54, 1.807) is 0 Å². The zero-order valence-electron chi connectivity index (χ0n) is 11.4. The molecule has 1 nitrogen and oxygen atoms in total. The van der Waals surface area contributed by atoms with Gasteiger partial charge >= 0.3 is 0 Å². The fourth-order valence-electron chi connectivity index (χ4n) is 2.63. The SMILES string of the molecule is CC.CC/C=C(\C)C(CC#N)C1CCCC1. The van der Waals surface area contributed by atoms with Crippen molar-refractivity contribution in [2.75, 3.05) is 0 Å². The Kier molecular flexibility index (Phi) is 9.00. The van der Waals surface area contributed by atoms with E-state index in [2.05, 4.69) is 26.0 Å². The molecule has 0 spiro atoms. The molecule has 0 amide bonds. The fraction of sp³-hybridized carbons (Fsp3) is 0.800. The Balaban J connectivity index is 0.00000106. The van der Waals surface area contributed by atoms with Gasteiger partial charge in [0.25, 0.3) is 0 Å². The van der Waals surface area contributed by atoms with Gasteiger partial charge in [-0.1, -0.05) is 45.3 Å². The van der Waals surface area contributed by atoms with Crippen LogP contribution in [0.4, 0.5) is 0 Å². The first kappa shape index (κ1) is 15.2. The van der Waals surface area contributed by atoms with Gasteiger partial charge in [0.2, 0.25) is 0 Å². The van der Waals surface area contributed by atoms with Gasteiger partial charge < -0.3 is 0 Å². The first-order chi connectivity index (χ1) is 7.79. The van der Waals surface area contributed by atoms with Crippen LogP contribution in [0.1, 0.15) is 66.2 Å². The zero-order valence-corrected chi connectivity index (χ0v) is 11.4. The molecule has 1 unspecified atom stereocenters. The van der Waals surface area contributed by atoms with E-state index in [9.17, 15) is 0 Å². The Morgan fingerprint density at radius 1 is 1.38 bits per heavy atom. The molecule has 0 aromatic carbocycles. The third kappa shape index (κ3) is 4.84. The minimum atomic E-state index is 0.544. The van der Waals surface area contributed by atoms with E-state index in [-0.39, 0.29) is 0 Å². The summed E-state index contributed by atoms with van der Waals surface area (Å²) in [6.07, 6.45) is 9.51. The van der Waals surface area contributed by atoms with Crippen LogP contribution < -0.4 is 0 Å². The van der Waals surface area contributed by atoms with Crippen LogP contribution in [0.25, 0.3) is 0 Å². The third-order valence-electron chi connectivity index (χ3n) is 3.39. The van der Waals surface area contributed by atoms with Gasteiger partial charge in [-0.15, -0.1) is 0 Å². The molecule has 0 aliphatic heterocycles. The standard InChI is InChI=1S/C13H21N.C2H6/c1-3-6-11(2)13(9-10-14)12-7-4-5-8-12;1-2/h6,12-13H,3-5,7-9H2,1-2H3;1-2H3/b11-6+;. The Bertz CT molecular complexity index is 228. The second kappa shape index (κ2) is 9.46. The summed E-state index contributed by atoms with van der Waals surface area (Å²) < 4.78 is 0. The molecule has 0 N–H and O–H groups in total. The molecule has 1 fully saturated rings. The normalized spacial score (nSPS) is 18.6. The maximum atomic E-state index is 8.84. The first-order valence-electron chi connectivity index (χ1n) is 6.83. The maximum Gasteiger partial charge on any atom is 0.0628 e. The van der Waals surface area contributed by atoms with Crippen molar-refractivity contribution in [1.29, 1.82) is 5.26 Å². The smallest absolute Gasteiger partial charge is 0.0628 e. The highest BCUT2D eigenvalue weighted by molar-refractivity contribution is 5.08. The molecular weight excluding hydrogens is 194 g/mol.